The largest absolute Gasteiger partial charge is 0.475 e. The highest BCUT2D eigenvalue weighted by Crippen LogP contribution is 2.31. The van der Waals surface area contributed by atoms with E-state index in [0.29, 0.717) is 22.1 Å². The fraction of sp³-hybridized carbons (Fsp3) is 0. The van der Waals surface area contributed by atoms with Crippen LogP contribution in [0.1, 0.15) is 10.6 Å². The SMILES string of the molecule is O=C(O)c1ccc(-c2ccc(F)c3ccccc23)o1. The summed E-state index contributed by atoms with van der Waals surface area (Å²) in [5, 5.41) is 10.0. The number of carboxylic acid groups (broad SMARTS) is 1. The normalized spacial score (nSPS) is 10.8. The van der Waals surface area contributed by atoms with E-state index in [1.807, 2.05) is 0 Å². The first-order valence-corrected chi connectivity index (χ1v) is 5.67. The minimum absolute atomic E-state index is 0.136. The van der Waals surface area contributed by atoms with Gasteiger partial charge in [-0.15, -0.1) is 0 Å². The summed E-state index contributed by atoms with van der Waals surface area (Å²) in [7, 11) is 0. The summed E-state index contributed by atoms with van der Waals surface area (Å²) in [6, 6.07) is 12.9. The molecule has 94 valence electrons. The van der Waals surface area contributed by atoms with Gasteiger partial charge in [0, 0.05) is 10.9 Å². The molecule has 0 aliphatic heterocycles. The van der Waals surface area contributed by atoms with Crippen LogP contribution in [0.4, 0.5) is 4.39 Å². The fourth-order valence-electron chi connectivity index (χ4n) is 2.07. The van der Waals surface area contributed by atoms with E-state index in [1.165, 1.54) is 12.1 Å². The number of hydrogen-bond donors (Lipinski definition) is 1. The summed E-state index contributed by atoms with van der Waals surface area (Å²) in [6.45, 7) is 0. The molecule has 0 spiro atoms. The highest BCUT2D eigenvalue weighted by Gasteiger charge is 2.13. The van der Waals surface area contributed by atoms with Crippen LogP contribution < -0.4 is 0 Å². The molecule has 0 saturated carbocycles. The molecule has 1 heterocycles. The molecule has 19 heavy (non-hydrogen) atoms. The van der Waals surface area contributed by atoms with Crippen LogP contribution in [-0.4, -0.2) is 11.1 Å². The first kappa shape index (κ1) is 11.5. The predicted molar refractivity (Wildman–Crippen MR) is 68.6 cm³/mol. The maximum Gasteiger partial charge on any atom is 0.371 e. The van der Waals surface area contributed by atoms with Crippen molar-refractivity contribution in [3.8, 4) is 11.3 Å². The molecule has 0 fully saturated rings. The van der Waals surface area contributed by atoms with E-state index in [-0.39, 0.29) is 11.6 Å². The van der Waals surface area contributed by atoms with E-state index >= 15 is 0 Å². The lowest BCUT2D eigenvalue weighted by Gasteiger charge is -2.04. The molecule has 4 heteroatoms. The molecule has 3 nitrogen and oxygen atoms in total. The van der Waals surface area contributed by atoms with Gasteiger partial charge in [0.25, 0.3) is 0 Å². The van der Waals surface area contributed by atoms with Crippen LogP contribution in [0.3, 0.4) is 0 Å². The summed E-state index contributed by atoms with van der Waals surface area (Å²) in [4.78, 5) is 10.8. The zero-order valence-corrected chi connectivity index (χ0v) is 9.76. The van der Waals surface area contributed by atoms with Crippen molar-refractivity contribution in [1.29, 1.82) is 0 Å². The highest BCUT2D eigenvalue weighted by atomic mass is 19.1. The molecule has 0 radical (unpaired) electrons. The topological polar surface area (TPSA) is 50.4 Å². The molecule has 0 unspecified atom stereocenters. The molecule has 0 aliphatic rings. The third-order valence-electron chi connectivity index (χ3n) is 2.95. The average Bonchev–Trinajstić information content (AvgIpc) is 2.89. The Morgan fingerprint density at radius 3 is 2.42 bits per heavy atom. The van der Waals surface area contributed by atoms with Crippen molar-refractivity contribution in [2.45, 2.75) is 0 Å². The Morgan fingerprint density at radius 1 is 1.00 bits per heavy atom. The molecule has 3 rings (SSSR count). The first-order valence-electron chi connectivity index (χ1n) is 5.67. The Bertz CT molecular complexity index is 774. The van der Waals surface area contributed by atoms with Crippen LogP contribution in [0.25, 0.3) is 22.1 Å². The van der Waals surface area contributed by atoms with Crippen LogP contribution in [0.5, 0.6) is 0 Å². The molecular formula is C15H9FO3. The van der Waals surface area contributed by atoms with Gasteiger partial charge in [0.05, 0.1) is 0 Å². The lowest BCUT2D eigenvalue weighted by atomic mass is 10.0. The molecule has 1 aromatic heterocycles. The number of halogens is 1. The van der Waals surface area contributed by atoms with Gasteiger partial charge in [0.15, 0.2) is 0 Å². The monoisotopic (exact) mass is 256 g/mol. The summed E-state index contributed by atoms with van der Waals surface area (Å²) in [5.41, 5.74) is 0.671. The van der Waals surface area contributed by atoms with E-state index in [9.17, 15) is 9.18 Å². The maximum atomic E-state index is 13.7. The summed E-state index contributed by atoms with van der Waals surface area (Å²) < 4.78 is 18.9. The third-order valence-corrected chi connectivity index (χ3v) is 2.95. The molecule has 0 bridgehead atoms. The molecule has 0 aliphatic carbocycles. The molecule has 1 N–H and O–H groups in total. The van der Waals surface area contributed by atoms with Crippen molar-refractivity contribution >= 4 is 16.7 Å². The average molecular weight is 256 g/mol. The van der Waals surface area contributed by atoms with Crippen molar-refractivity contribution in [3.63, 3.8) is 0 Å². The molecule has 0 atom stereocenters. The first-order chi connectivity index (χ1) is 9.16. The number of hydrogen-bond acceptors (Lipinski definition) is 2. The number of aromatic carboxylic acids is 1. The van der Waals surface area contributed by atoms with E-state index in [4.69, 9.17) is 9.52 Å². The lowest BCUT2D eigenvalue weighted by Crippen LogP contribution is -1.91. The lowest BCUT2D eigenvalue weighted by molar-refractivity contribution is 0.0663. The van der Waals surface area contributed by atoms with Crippen molar-refractivity contribution in [2.24, 2.45) is 0 Å². The van der Waals surface area contributed by atoms with Crippen LogP contribution in [0, 0.1) is 5.82 Å². The van der Waals surface area contributed by atoms with Gasteiger partial charge in [-0.05, 0) is 29.7 Å². The van der Waals surface area contributed by atoms with Gasteiger partial charge in [-0.25, -0.2) is 9.18 Å². The quantitative estimate of drug-likeness (QED) is 0.755. The molecule has 3 aromatic rings. The Hall–Kier alpha value is -2.62. The van der Waals surface area contributed by atoms with Crippen LogP contribution in [-0.2, 0) is 0 Å². The third kappa shape index (κ3) is 1.87. The Labute approximate surface area is 107 Å². The Kier molecular flexibility index (Phi) is 2.56. The van der Waals surface area contributed by atoms with Crippen molar-refractivity contribution in [1.82, 2.24) is 0 Å². The number of carbonyl (C=O) groups is 1. The van der Waals surface area contributed by atoms with E-state index in [2.05, 4.69) is 0 Å². The van der Waals surface area contributed by atoms with Crippen molar-refractivity contribution in [2.75, 3.05) is 0 Å². The van der Waals surface area contributed by atoms with Gasteiger partial charge in [-0.2, -0.15) is 0 Å². The zero-order chi connectivity index (χ0) is 13.4. The standard InChI is InChI=1S/C15H9FO3/c16-12-6-5-11(9-3-1-2-4-10(9)12)13-7-8-14(19-13)15(17)18/h1-8H,(H,17,18). The second-order valence-electron chi connectivity index (χ2n) is 4.11. The summed E-state index contributed by atoms with van der Waals surface area (Å²) >= 11 is 0. The molecule has 2 aromatic carbocycles. The number of fused-ring (bicyclic) bond motifs is 1. The Morgan fingerprint density at radius 2 is 1.74 bits per heavy atom. The van der Waals surface area contributed by atoms with Gasteiger partial charge < -0.3 is 9.52 Å². The number of benzene rings is 2. The van der Waals surface area contributed by atoms with E-state index in [0.717, 1.165) is 0 Å². The molecular weight excluding hydrogens is 247 g/mol. The zero-order valence-electron chi connectivity index (χ0n) is 9.76. The molecule has 0 saturated heterocycles. The van der Waals surface area contributed by atoms with Gasteiger partial charge in [-0.3, -0.25) is 0 Å². The van der Waals surface area contributed by atoms with Gasteiger partial charge >= 0.3 is 5.97 Å². The van der Waals surface area contributed by atoms with Crippen LogP contribution in [0.15, 0.2) is 52.9 Å². The number of carboxylic acids is 1. The van der Waals surface area contributed by atoms with Gasteiger partial charge in [0.2, 0.25) is 5.76 Å². The van der Waals surface area contributed by atoms with Crippen LogP contribution in [0.2, 0.25) is 0 Å². The van der Waals surface area contributed by atoms with Crippen LogP contribution >= 0.6 is 0 Å². The molecule has 0 amide bonds. The minimum atomic E-state index is -1.13. The summed E-state index contributed by atoms with van der Waals surface area (Å²) in [5.74, 6) is -1.17. The summed E-state index contributed by atoms with van der Waals surface area (Å²) in [6.07, 6.45) is 0. The highest BCUT2D eigenvalue weighted by molar-refractivity contribution is 5.96. The maximum absolute atomic E-state index is 13.7. The minimum Gasteiger partial charge on any atom is -0.475 e. The second-order valence-corrected chi connectivity index (χ2v) is 4.11. The number of furan rings is 1. The Balaban J connectivity index is 2.24. The predicted octanol–water partition coefficient (Wildman–Crippen LogP) is 3.94. The van der Waals surface area contributed by atoms with Crippen molar-refractivity contribution < 1.29 is 18.7 Å². The smallest absolute Gasteiger partial charge is 0.371 e. The van der Waals surface area contributed by atoms with Gasteiger partial charge in [-0.1, -0.05) is 24.3 Å². The fourth-order valence-corrected chi connectivity index (χ4v) is 2.07. The van der Waals surface area contributed by atoms with E-state index < -0.39 is 5.97 Å². The second kappa shape index (κ2) is 4.24. The van der Waals surface area contributed by atoms with Crippen molar-refractivity contribution in [3.05, 3.63) is 60.1 Å². The number of rotatable bonds is 2. The van der Waals surface area contributed by atoms with Gasteiger partial charge in [0.1, 0.15) is 11.6 Å². The van der Waals surface area contributed by atoms with E-state index in [1.54, 1.807) is 36.4 Å².